The molecule has 9 heteroatoms. The molecule has 0 saturated carbocycles. The van der Waals surface area contributed by atoms with Crippen LogP contribution in [0.2, 0.25) is 0 Å². The molecule has 4 aromatic heterocycles. The molecule has 0 atom stereocenters. The fourth-order valence-corrected chi connectivity index (χ4v) is 2.61. The van der Waals surface area contributed by atoms with Gasteiger partial charge in [-0.2, -0.15) is 9.61 Å². The summed E-state index contributed by atoms with van der Waals surface area (Å²) in [4.78, 5) is 0. The second kappa shape index (κ2) is 6.88. The van der Waals surface area contributed by atoms with E-state index in [0.717, 1.165) is 17.8 Å². The molecule has 0 spiro atoms. The maximum Gasteiger partial charge on any atom is 0.180 e. The molecule has 4 aromatic rings. The van der Waals surface area contributed by atoms with Gasteiger partial charge in [0.05, 0.1) is 6.20 Å². The molecule has 148 valence electrons. The Hall–Kier alpha value is -2.97. The maximum absolute atomic E-state index is 12.9. The molecule has 28 heavy (non-hydrogen) atoms. The molecule has 0 aromatic carbocycles. The third-order valence-electron chi connectivity index (χ3n) is 3.94. The van der Waals surface area contributed by atoms with Crippen molar-refractivity contribution in [2.75, 3.05) is 0 Å². The zero-order chi connectivity index (χ0) is 20.7. The smallest absolute Gasteiger partial charge is 0.180 e. The Bertz CT molecular complexity index is 1030. The van der Waals surface area contributed by atoms with Gasteiger partial charge in [0.2, 0.25) is 0 Å². The number of pyridine rings is 1. The highest BCUT2D eigenvalue weighted by molar-refractivity contribution is 5.39. The topological polar surface area (TPSA) is 73.3 Å². The molecule has 7 nitrogen and oxygen atoms in total. The van der Waals surface area contributed by atoms with Crippen molar-refractivity contribution >= 4 is 11.3 Å². The van der Waals surface area contributed by atoms with E-state index >= 15 is 0 Å². The van der Waals surface area contributed by atoms with Gasteiger partial charge in [0.25, 0.3) is 0 Å². The minimum Gasteiger partial charge on any atom is -0.286 e. The van der Waals surface area contributed by atoms with Gasteiger partial charge in [-0.25, -0.2) is 8.78 Å². The van der Waals surface area contributed by atoms with E-state index < -0.39 is 5.82 Å². The number of halogens is 2. The standard InChI is InChI=1S/C10H12FN3.C9H11FN4/c1-10(2,3)9-13-12-8-6-7(11)4-5-14(8)9;1-9(2,3)8-13-12-7-4-6(10)5-11-14(7)8/h4-6H,1-3H3;4-5H,1-3H3. The summed E-state index contributed by atoms with van der Waals surface area (Å²) in [5, 5.41) is 19.7. The molecule has 0 aliphatic rings. The molecule has 0 aliphatic carbocycles. The van der Waals surface area contributed by atoms with Crippen LogP contribution in [-0.4, -0.2) is 34.4 Å². The average molecular weight is 387 g/mol. The molecule has 0 unspecified atom stereocenters. The van der Waals surface area contributed by atoms with Gasteiger partial charge >= 0.3 is 0 Å². The van der Waals surface area contributed by atoms with Crippen molar-refractivity contribution in [1.29, 1.82) is 0 Å². The van der Waals surface area contributed by atoms with E-state index in [-0.39, 0.29) is 16.6 Å². The summed E-state index contributed by atoms with van der Waals surface area (Å²) in [7, 11) is 0. The SMILES string of the molecule is CC(C)(C)c1nnc2cc(F)ccn12.CC(C)(C)c1nnc2cc(F)cnn12. The number of hydrogen-bond acceptors (Lipinski definition) is 5. The van der Waals surface area contributed by atoms with E-state index in [0.29, 0.717) is 11.3 Å². The minimum atomic E-state index is -0.398. The van der Waals surface area contributed by atoms with Crippen LogP contribution < -0.4 is 0 Å². The van der Waals surface area contributed by atoms with Gasteiger partial charge in [-0.3, -0.25) is 4.40 Å². The van der Waals surface area contributed by atoms with Gasteiger partial charge < -0.3 is 0 Å². The molecule has 0 fully saturated rings. The summed E-state index contributed by atoms with van der Waals surface area (Å²) < 4.78 is 29.0. The number of hydrogen-bond donors (Lipinski definition) is 0. The monoisotopic (exact) mass is 387 g/mol. The Morgan fingerprint density at radius 2 is 1.32 bits per heavy atom. The lowest BCUT2D eigenvalue weighted by atomic mass is 9.96. The summed E-state index contributed by atoms with van der Waals surface area (Å²) in [6.45, 7) is 12.2. The molecule has 0 saturated heterocycles. The molecule has 0 amide bonds. The first-order chi connectivity index (χ1) is 13.0. The maximum atomic E-state index is 12.9. The number of rotatable bonds is 0. The van der Waals surface area contributed by atoms with Crippen LogP contribution in [0.3, 0.4) is 0 Å². The molecule has 4 heterocycles. The van der Waals surface area contributed by atoms with E-state index in [2.05, 4.69) is 25.5 Å². The minimum absolute atomic E-state index is 0.0861. The lowest BCUT2D eigenvalue weighted by molar-refractivity contribution is 0.523. The number of aromatic nitrogens is 7. The normalized spacial score (nSPS) is 12.3. The van der Waals surface area contributed by atoms with Gasteiger partial charge in [0.15, 0.2) is 17.1 Å². The predicted molar refractivity (Wildman–Crippen MR) is 101 cm³/mol. The van der Waals surface area contributed by atoms with E-state index in [1.165, 1.54) is 18.2 Å². The van der Waals surface area contributed by atoms with Crippen LogP contribution in [0, 0.1) is 11.6 Å². The predicted octanol–water partition coefficient (Wildman–Crippen LogP) is 3.73. The van der Waals surface area contributed by atoms with E-state index in [1.54, 1.807) is 10.7 Å². The molecule has 0 N–H and O–H groups in total. The van der Waals surface area contributed by atoms with Crippen LogP contribution in [0.1, 0.15) is 53.2 Å². The highest BCUT2D eigenvalue weighted by Crippen LogP contribution is 2.21. The highest BCUT2D eigenvalue weighted by atomic mass is 19.1. The summed E-state index contributed by atoms with van der Waals surface area (Å²) in [5.41, 5.74) is 0.756. The first kappa shape index (κ1) is 19.8. The number of nitrogens with zero attached hydrogens (tertiary/aromatic N) is 7. The fourth-order valence-electron chi connectivity index (χ4n) is 2.61. The first-order valence-electron chi connectivity index (χ1n) is 8.85. The van der Waals surface area contributed by atoms with Crippen LogP contribution >= 0.6 is 0 Å². The van der Waals surface area contributed by atoms with E-state index in [4.69, 9.17) is 0 Å². The van der Waals surface area contributed by atoms with Gasteiger partial charge in [0, 0.05) is 29.2 Å². The molecule has 0 bridgehead atoms. The molecule has 0 radical (unpaired) electrons. The Morgan fingerprint density at radius 3 is 1.96 bits per heavy atom. The molecular weight excluding hydrogens is 364 g/mol. The quantitative estimate of drug-likeness (QED) is 0.460. The fraction of sp³-hybridized carbons (Fsp3) is 0.421. The van der Waals surface area contributed by atoms with Crippen LogP contribution in [0.5, 0.6) is 0 Å². The van der Waals surface area contributed by atoms with Crippen molar-refractivity contribution < 1.29 is 8.78 Å². The van der Waals surface area contributed by atoms with E-state index in [1.807, 2.05) is 45.9 Å². The van der Waals surface area contributed by atoms with E-state index in [9.17, 15) is 8.78 Å². The van der Waals surface area contributed by atoms with Gasteiger partial charge in [-0.15, -0.1) is 20.4 Å². The molecular formula is C19H23F2N7. The lowest BCUT2D eigenvalue weighted by Gasteiger charge is -2.15. The third-order valence-corrected chi connectivity index (χ3v) is 3.94. The van der Waals surface area contributed by atoms with Crippen molar-refractivity contribution in [3.05, 3.63) is 53.9 Å². The Morgan fingerprint density at radius 1 is 0.750 bits per heavy atom. The zero-order valence-electron chi connectivity index (χ0n) is 16.8. The van der Waals surface area contributed by atoms with Crippen molar-refractivity contribution in [3.63, 3.8) is 0 Å². The Labute approximate surface area is 161 Å². The lowest BCUT2D eigenvalue weighted by Crippen LogP contribution is -2.17. The molecule has 0 aliphatic heterocycles. The highest BCUT2D eigenvalue weighted by Gasteiger charge is 2.22. The van der Waals surface area contributed by atoms with Gasteiger partial charge in [0.1, 0.15) is 17.5 Å². The van der Waals surface area contributed by atoms with Crippen LogP contribution in [0.4, 0.5) is 8.78 Å². The summed E-state index contributed by atoms with van der Waals surface area (Å²) in [6, 6.07) is 4.10. The summed E-state index contributed by atoms with van der Waals surface area (Å²) in [5.74, 6) is 0.885. The Kier molecular flexibility index (Phi) is 4.86. The van der Waals surface area contributed by atoms with Crippen molar-refractivity contribution in [2.24, 2.45) is 0 Å². The average Bonchev–Trinajstić information content (AvgIpc) is 3.17. The second-order valence-corrected chi connectivity index (χ2v) is 8.56. The first-order valence-corrected chi connectivity index (χ1v) is 8.85. The van der Waals surface area contributed by atoms with Crippen LogP contribution in [-0.2, 0) is 10.8 Å². The van der Waals surface area contributed by atoms with Crippen molar-refractivity contribution in [3.8, 4) is 0 Å². The summed E-state index contributed by atoms with van der Waals surface area (Å²) in [6.07, 6.45) is 2.82. The van der Waals surface area contributed by atoms with Gasteiger partial charge in [-0.05, 0) is 6.07 Å². The van der Waals surface area contributed by atoms with Crippen LogP contribution in [0.15, 0.2) is 30.6 Å². The summed E-state index contributed by atoms with van der Waals surface area (Å²) >= 11 is 0. The number of fused-ring (bicyclic) bond motifs is 2. The molecule has 4 rings (SSSR count). The second-order valence-electron chi connectivity index (χ2n) is 8.56. The van der Waals surface area contributed by atoms with Crippen LogP contribution in [0.25, 0.3) is 11.3 Å². The largest absolute Gasteiger partial charge is 0.286 e. The third kappa shape index (κ3) is 3.97. The Balaban J connectivity index is 0.000000161. The van der Waals surface area contributed by atoms with Crippen molar-refractivity contribution in [1.82, 2.24) is 34.4 Å². The van der Waals surface area contributed by atoms with Gasteiger partial charge in [-0.1, -0.05) is 41.5 Å². The zero-order valence-corrected chi connectivity index (χ0v) is 16.8. The van der Waals surface area contributed by atoms with Crippen molar-refractivity contribution in [2.45, 2.75) is 52.4 Å².